The Morgan fingerprint density at radius 2 is 2.19 bits per heavy atom. The SMILES string of the molecule is Cc1ccc2[nH]nc(C(=O)N3CSCC3C(=O)Nc3ncc(C)s3)c2c1. The van der Waals surface area contributed by atoms with Crippen molar-refractivity contribution in [2.75, 3.05) is 16.9 Å². The fourth-order valence-electron chi connectivity index (χ4n) is 2.89. The molecule has 2 aromatic heterocycles. The summed E-state index contributed by atoms with van der Waals surface area (Å²) in [6, 6.07) is 5.27. The molecule has 0 radical (unpaired) electrons. The van der Waals surface area contributed by atoms with Gasteiger partial charge in [-0.1, -0.05) is 11.6 Å². The molecule has 1 aliphatic heterocycles. The average molecular weight is 387 g/mol. The first-order valence-electron chi connectivity index (χ1n) is 8.09. The van der Waals surface area contributed by atoms with Gasteiger partial charge in [-0.25, -0.2) is 4.98 Å². The zero-order valence-corrected chi connectivity index (χ0v) is 15.9. The number of anilines is 1. The van der Waals surface area contributed by atoms with Crippen molar-refractivity contribution in [3.63, 3.8) is 0 Å². The van der Waals surface area contributed by atoms with Gasteiger partial charge in [0.25, 0.3) is 5.91 Å². The molecular weight excluding hydrogens is 370 g/mol. The molecule has 7 nitrogen and oxygen atoms in total. The minimum atomic E-state index is -0.534. The summed E-state index contributed by atoms with van der Waals surface area (Å²) < 4.78 is 0. The van der Waals surface area contributed by atoms with Gasteiger partial charge in [-0.2, -0.15) is 5.10 Å². The van der Waals surface area contributed by atoms with Crippen molar-refractivity contribution in [2.45, 2.75) is 19.9 Å². The van der Waals surface area contributed by atoms with E-state index in [1.165, 1.54) is 11.3 Å². The lowest BCUT2D eigenvalue weighted by Gasteiger charge is -2.21. The standard InChI is InChI=1S/C17H17N5O2S2/c1-9-3-4-12-11(5-9)14(21-20-12)16(24)22-8-25-7-13(22)15(23)19-17-18-6-10(2)26-17/h3-6,13H,7-8H2,1-2H3,(H,20,21)(H,18,19,23). The fraction of sp³-hybridized carbons (Fsp3) is 0.294. The second kappa shape index (κ2) is 6.73. The number of nitrogens with zero attached hydrogens (tertiary/aromatic N) is 3. The highest BCUT2D eigenvalue weighted by molar-refractivity contribution is 7.99. The molecule has 2 N–H and O–H groups in total. The van der Waals surface area contributed by atoms with E-state index in [4.69, 9.17) is 0 Å². The van der Waals surface area contributed by atoms with Crippen molar-refractivity contribution < 1.29 is 9.59 Å². The average Bonchev–Trinajstić information content (AvgIpc) is 3.33. The van der Waals surface area contributed by atoms with Crippen LogP contribution in [-0.2, 0) is 4.79 Å². The summed E-state index contributed by atoms with van der Waals surface area (Å²) in [6.45, 7) is 3.90. The largest absolute Gasteiger partial charge is 0.315 e. The van der Waals surface area contributed by atoms with Crippen LogP contribution in [0.4, 0.5) is 5.13 Å². The summed E-state index contributed by atoms with van der Waals surface area (Å²) in [5.74, 6) is 0.577. The Labute approximate surface area is 158 Å². The number of benzene rings is 1. The lowest BCUT2D eigenvalue weighted by molar-refractivity contribution is -0.119. The van der Waals surface area contributed by atoms with Crippen molar-refractivity contribution in [1.82, 2.24) is 20.1 Å². The lowest BCUT2D eigenvalue weighted by atomic mass is 10.1. The van der Waals surface area contributed by atoms with Crippen molar-refractivity contribution in [2.24, 2.45) is 0 Å². The van der Waals surface area contributed by atoms with Gasteiger partial charge in [0.2, 0.25) is 5.91 Å². The second-order valence-electron chi connectivity index (χ2n) is 6.18. The van der Waals surface area contributed by atoms with Gasteiger partial charge in [0.15, 0.2) is 10.8 Å². The number of H-pyrrole nitrogens is 1. The van der Waals surface area contributed by atoms with Crippen LogP contribution in [0.2, 0.25) is 0 Å². The molecule has 0 bridgehead atoms. The Morgan fingerprint density at radius 1 is 1.35 bits per heavy atom. The Hall–Kier alpha value is -2.39. The molecule has 0 spiro atoms. The lowest BCUT2D eigenvalue weighted by Crippen LogP contribution is -2.44. The fourth-order valence-corrected chi connectivity index (χ4v) is 4.71. The number of aromatic amines is 1. The number of aromatic nitrogens is 3. The molecule has 0 saturated carbocycles. The number of thiazole rings is 1. The van der Waals surface area contributed by atoms with E-state index in [1.807, 2.05) is 32.0 Å². The molecule has 1 unspecified atom stereocenters. The molecule has 9 heteroatoms. The summed E-state index contributed by atoms with van der Waals surface area (Å²) in [5, 5.41) is 11.2. The summed E-state index contributed by atoms with van der Waals surface area (Å²) in [5.41, 5.74) is 2.22. The van der Waals surface area contributed by atoms with Gasteiger partial charge in [-0.3, -0.25) is 14.7 Å². The van der Waals surface area contributed by atoms with Gasteiger partial charge >= 0.3 is 0 Å². The molecule has 3 heterocycles. The maximum absolute atomic E-state index is 13.0. The van der Waals surface area contributed by atoms with Crippen LogP contribution in [0.25, 0.3) is 10.9 Å². The summed E-state index contributed by atoms with van der Waals surface area (Å²) in [6.07, 6.45) is 1.71. The molecule has 134 valence electrons. The van der Waals surface area contributed by atoms with E-state index < -0.39 is 6.04 Å². The van der Waals surface area contributed by atoms with Crippen LogP contribution in [0.15, 0.2) is 24.4 Å². The number of carbonyl (C=O) groups excluding carboxylic acids is 2. The molecule has 0 aliphatic carbocycles. The first kappa shape index (κ1) is 17.0. The molecule has 1 saturated heterocycles. The monoisotopic (exact) mass is 387 g/mol. The van der Waals surface area contributed by atoms with E-state index in [1.54, 1.807) is 22.9 Å². The first-order chi connectivity index (χ1) is 12.5. The van der Waals surface area contributed by atoms with Gasteiger partial charge in [0.1, 0.15) is 6.04 Å². The van der Waals surface area contributed by atoms with E-state index in [-0.39, 0.29) is 11.8 Å². The molecule has 1 atom stereocenters. The van der Waals surface area contributed by atoms with Gasteiger partial charge in [0, 0.05) is 22.2 Å². The third-order valence-corrected chi connectivity index (χ3v) is 6.06. The van der Waals surface area contributed by atoms with E-state index in [2.05, 4.69) is 20.5 Å². The van der Waals surface area contributed by atoms with Crippen LogP contribution in [0.3, 0.4) is 0 Å². The van der Waals surface area contributed by atoms with Crippen LogP contribution in [0.5, 0.6) is 0 Å². The van der Waals surface area contributed by atoms with E-state index in [0.29, 0.717) is 22.5 Å². The third-order valence-electron chi connectivity index (χ3n) is 4.22. The van der Waals surface area contributed by atoms with Crippen molar-refractivity contribution in [3.8, 4) is 0 Å². The summed E-state index contributed by atoms with van der Waals surface area (Å²) in [4.78, 5) is 32.4. The Bertz CT molecular complexity index is 996. The Kier molecular flexibility index (Phi) is 4.41. The molecule has 4 rings (SSSR count). The topological polar surface area (TPSA) is 91.0 Å². The number of hydrogen-bond acceptors (Lipinski definition) is 6. The van der Waals surface area contributed by atoms with Gasteiger partial charge in [-0.05, 0) is 26.0 Å². The van der Waals surface area contributed by atoms with Crippen LogP contribution in [-0.4, -0.2) is 49.6 Å². The zero-order chi connectivity index (χ0) is 18.3. The smallest absolute Gasteiger partial charge is 0.276 e. The second-order valence-corrected chi connectivity index (χ2v) is 8.41. The zero-order valence-electron chi connectivity index (χ0n) is 14.3. The van der Waals surface area contributed by atoms with Gasteiger partial charge < -0.3 is 10.2 Å². The maximum Gasteiger partial charge on any atom is 0.276 e. The molecule has 1 fully saturated rings. The third kappa shape index (κ3) is 3.08. The van der Waals surface area contributed by atoms with E-state index in [9.17, 15) is 9.59 Å². The Morgan fingerprint density at radius 3 is 2.96 bits per heavy atom. The number of nitrogens with one attached hydrogen (secondary N) is 2. The number of fused-ring (bicyclic) bond motifs is 1. The number of aryl methyl sites for hydroxylation is 2. The molecule has 2 amide bonds. The highest BCUT2D eigenvalue weighted by Crippen LogP contribution is 2.27. The van der Waals surface area contributed by atoms with Crippen molar-refractivity contribution in [1.29, 1.82) is 0 Å². The van der Waals surface area contributed by atoms with Crippen LogP contribution in [0.1, 0.15) is 20.9 Å². The van der Waals surface area contributed by atoms with Crippen molar-refractivity contribution in [3.05, 3.63) is 40.5 Å². The van der Waals surface area contributed by atoms with E-state index >= 15 is 0 Å². The highest BCUT2D eigenvalue weighted by Gasteiger charge is 2.36. The van der Waals surface area contributed by atoms with Gasteiger partial charge in [0.05, 0.1) is 11.4 Å². The van der Waals surface area contributed by atoms with Crippen LogP contribution < -0.4 is 5.32 Å². The predicted molar refractivity (Wildman–Crippen MR) is 104 cm³/mol. The van der Waals surface area contributed by atoms with Crippen molar-refractivity contribution >= 4 is 50.9 Å². The predicted octanol–water partition coefficient (Wildman–Crippen LogP) is 2.79. The summed E-state index contributed by atoms with van der Waals surface area (Å²) in [7, 11) is 0. The number of thioether (sulfide) groups is 1. The van der Waals surface area contributed by atoms with Gasteiger partial charge in [-0.15, -0.1) is 23.1 Å². The number of carbonyl (C=O) groups is 2. The molecule has 1 aromatic carbocycles. The number of hydrogen-bond donors (Lipinski definition) is 2. The van der Waals surface area contributed by atoms with Crippen LogP contribution in [0, 0.1) is 13.8 Å². The maximum atomic E-state index is 13.0. The quantitative estimate of drug-likeness (QED) is 0.721. The van der Waals surface area contributed by atoms with Crippen LogP contribution >= 0.6 is 23.1 Å². The Balaban J connectivity index is 1.58. The first-order valence-corrected chi connectivity index (χ1v) is 10.1. The highest BCUT2D eigenvalue weighted by atomic mass is 32.2. The van der Waals surface area contributed by atoms with E-state index in [0.717, 1.165) is 21.3 Å². The molecule has 26 heavy (non-hydrogen) atoms. The number of amides is 2. The normalized spacial score (nSPS) is 17.0. The summed E-state index contributed by atoms with van der Waals surface area (Å²) >= 11 is 2.97. The molecular formula is C17H17N5O2S2. The minimum absolute atomic E-state index is 0.214. The number of rotatable bonds is 3. The molecule has 1 aliphatic rings. The minimum Gasteiger partial charge on any atom is -0.315 e. The molecule has 3 aromatic rings.